The van der Waals surface area contributed by atoms with Gasteiger partial charge in [-0.2, -0.15) is 0 Å². The molecule has 1 atom stereocenters. The summed E-state index contributed by atoms with van der Waals surface area (Å²) in [6, 6.07) is 12.7. The number of nitrogens with one attached hydrogen (secondary N) is 1. The van der Waals surface area contributed by atoms with Crippen LogP contribution in [0, 0.1) is 5.82 Å². The van der Waals surface area contributed by atoms with Crippen molar-refractivity contribution in [3.8, 4) is 5.69 Å². The van der Waals surface area contributed by atoms with Gasteiger partial charge in [0.1, 0.15) is 18.5 Å². The van der Waals surface area contributed by atoms with Crippen LogP contribution in [0.5, 0.6) is 0 Å². The van der Waals surface area contributed by atoms with E-state index in [-0.39, 0.29) is 17.6 Å². The number of rotatable bonds is 7. The number of carbonyl (C=O) groups is 1. The maximum atomic E-state index is 13.5. The van der Waals surface area contributed by atoms with Gasteiger partial charge in [-0.05, 0) is 67.8 Å². The van der Waals surface area contributed by atoms with E-state index in [1.807, 2.05) is 22.5 Å². The van der Waals surface area contributed by atoms with Crippen molar-refractivity contribution in [2.24, 2.45) is 0 Å². The lowest BCUT2D eigenvalue weighted by Crippen LogP contribution is -2.49. The zero-order valence-electron chi connectivity index (χ0n) is 19.3. The fourth-order valence-corrected chi connectivity index (χ4v) is 4.75. The number of amides is 1. The van der Waals surface area contributed by atoms with E-state index in [0.717, 1.165) is 49.2 Å². The van der Waals surface area contributed by atoms with Crippen LogP contribution in [0.2, 0.25) is 0 Å². The van der Waals surface area contributed by atoms with Gasteiger partial charge in [0.2, 0.25) is 5.91 Å². The molecule has 1 N–H and O–H groups in total. The number of aromatic amines is 1. The Bertz CT molecular complexity index is 1260. The molecule has 3 heterocycles. The molecule has 2 aromatic heterocycles. The van der Waals surface area contributed by atoms with Crippen LogP contribution in [0.4, 0.5) is 4.39 Å². The number of hydrogen-bond donors (Lipinski definition) is 1. The number of aromatic nitrogens is 4. The van der Waals surface area contributed by atoms with Crippen LogP contribution in [0.15, 0.2) is 61.3 Å². The quantitative estimate of drug-likeness (QED) is 0.456. The third-order valence-corrected chi connectivity index (χ3v) is 6.79. The predicted octanol–water partition coefficient (Wildman–Crippen LogP) is 3.77. The largest absolute Gasteiger partial charge is 0.361 e. The number of carbonyl (C=O) groups excluding carboxylic acids is 1. The number of fused-ring (bicyclic) bond motifs is 1. The lowest BCUT2D eigenvalue weighted by molar-refractivity contribution is -0.134. The SMILES string of the molecule is C[C@@H](C(=O)N1CCN(CCCc2c[nH]c3ccc(-n4cnnc4)cc23)CC1)c1cccc(F)c1. The van der Waals surface area contributed by atoms with Gasteiger partial charge in [-0.3, -0.25) is 14.3 Å². The van der Waals surface area contributed by atoms with E-state index in [2.05, 4.69) is 44.5 Å². The Labute approximate surface area is 198 Å². The monoisotopic (exact) mass is 460 g/mol. The first-order chi connectivity index (χ1) is 16.6. The molecular formula is C26H29FN6O. The predicted molar refractivity (Wildman–Crippen MR) is 129 cm³/mol. The summed E-state index contributed by atoms with van der Waals surface area (Å²) in [6.45, 7) is 6.03. The van der Waals surface area contributed by atoms with Gasteiger partial charge in [0.05, 0.1) is 5.92 Å². The highest BCUT2D eigenvalue weighted by molar-refractivity contribution is 5.85. The fourth-order valence-electron chi connectivity index (χ4n) is 4.75. The molecule has 0 saturated carbocycles. The molecule has 0 unspecified atom stereocenters. The number of benzene rings is 2. The van der Waals surface area contributed by atoms with Crippen molar-refractivity contribution < 1.29 is 9.18 Å². The normalized spacial score (nSPS) is 15.6. The first kappa shape index (κ1) is 22.3. The molecule has 4 aromatic rings. The van der Waals surface area contributed by atoms with Crippen LogP contribution in [-0.2, 0) is 11.2 Å². The number of piperazine rings is 1. The van der Waals surface area contributed by atoms with Gasteiger partial charge in [0.25, 0.3) is 0 Å². The zero-order valence-corrected chi connectivity index (χ0v) is 19.3. The molecular weight excluding hydrogens is 431 g/mol. The van der Waals surface area contributed by atoms with Gasteiger partial charge in [0, 0.05) is 49.0 Å². The van der Waals surface area contributed by atoms with Crippen molar-refractivity contribution >= 4 is 16.8 Å². The molecule has 8 heteroatoms. The Balaban J connectivity index is 1.13. The summed E-state index contributed by atoms with van der Waals surface area (Å²) < 4.78 is 15.4. The van der Waals surface area contributed by atoms with Gasteiger partial charge >= 0.3 is 0 Å². The molecule has 34 heavy (non-hydrogen) atoms. The van der Waals surface area contributed by atoms with Gasteiger partial charge in [-0.25, -0.2) is 4.39 Å². The molecule has 1 saturated heterocycles. The molecule has 5 rings (SSSR count). The van der Waals surface area contributed by atoms with Crippen molar-refractivity contribution in [3.05, 3.63) is 78.3 Å². The maximum absolute atomic E-state index is 13.5. The summed E-state index contributed by atoms with van der Waals surface area (Å²) >= 11 is 0. The molecule has 0 radical (unpaired) electrons. The molecule has 1 fully saturated rings. The topological polar surface area (TPSA) is 70.1 Å². The van der Waals surface area contributed by atoms with Crippen molar-refractivity contribution in [2.75, 3.05) is 32.7 Å². The highest BCUT2D eigenvalue weighted by Crippen LogP contribution is 2.23. The van der Waals surface area contributed by atoms with Crippen LogP contribution < -0.4 is 0 Å². The second-order valence-corrected chi connectivity index (χ2v) is 8.96. The third kappa shape index (κ3) is 4.72. The van der Waals surface area contributed by atoms with Gasteiger partial charge < -0.3 is 9.88 Å². The van der Waals surface area contributed by atoms with Crippen LogP contribution >= 0.6 is 0 Å². The number of H-pyrrole nitrogens is 1. The summed E-state index contributed by atoms with van der Waals surface area (Å²) in [6.07, 6.45) is 7.55. The van der Waals surface area contributed by atoms with E-state index in [4.69, 9.17) is 0 Å². The molecule has 0 spiro atoms. The van der Waals surface area contributed by atoms with E-state index in [1.165, 1.54) is 23.1 Å². The lowest BCUT2D eigenvalue weighted by atomic mass is 9.99. The Hall–Kier alpha value is -3.52. The summed E-state index contributed by atoms with van der Waals surface area (Å²) in [5.41, 5.74) is 4.22. The van der Waals surface area contributed by atoms with Crippen molar-refractivity contribution in [2.45, 2.75) is 25.7 Å². The highest BCUT2D eigenvalue weighted by Gasteiger charge is 2.25. The second-order valence-electron chi connectivity index (χ2n) is 8.96. The van der Waals surface area contributed by atoms with Gasteiger partial charge in [-0.15, -0.1) is 10.2 Å². The number of aryl methyl sites for hydroxylation is 1. The van der Waals surface area contributed by atoms with Crippen molar-refractivity contribution in [1.82, 2.24) is 29.5 Å². The Morgan fingerprint density at radius 2 is 1.88 bits per heavy atom. The highest BCUT2D eigenvalue weighted by atomic mass is 19.1. The molecule has 1 aliphatic heterocycles. The molecule has 1 amide bonds. The molecule has 0 bridgehead atoms. The minimum atomic E-state index is -0.327. The first-order valence-corrected chi connectivity index (χ1v) is 11.8. The lowest BCUT2D eigenvalue weighted by Gasteiger charge is -2.36. The van der Waals surface area contributed by atoms with E-state index in [9.17, 15) is 9.18 Å². The van der Waals surface area contributed by atoms with Gasteiger partial charge in [0.15, 0.2) is 0 Å². The minimum Gasteiger partial charge on any atom is -0.361 e. The Kier molecular flexibility index (Phi) is 6.40. The van der Waals surface area contributed by atoms with E-state index < -0.39 is 0 Å². The van der Waals surface area contributed by atoms with E-state index >= 15 is 0 Å². The third-order valence-electron chi connectivity index (χ3n) is 6.79. The molecule has 1 aliphatic rings. The molecule has 7 nitrogen and oxygen atoms in total. The van der Waals surface area contributed by atoms with Crippen LogP contribution in [0.1, 0.15) is 30.4 Å². The number of hydrogen-bond acceptors (Lipinski definition) is 4. The summed E-state index contributed by atoms with van der Waals surface area (Å²) in [4.78, 5) is 20.6. The van der Waals surface area contributed by atoms with E-state index in [1.54, 1.807) is 18.7 Å². The van der Waals surface area contributed by atoms with Crippen LogP contribution in [-0.4, -0.2) is 68.2 Å². The zero-order chi connectivity index (χ0) is 23.5. The molecule has 0 aliphatic carbocycles. The van der Waals surface area contributed by atoms with Crippen LogP contribution in [0.25, 0.3) is 16.6 Å². The first-order valence-electron chi connectivity index (χ1n) is 11.8. The summed E-state index contributed by atoms with van der Waals surface area (Å²) in [5.74, 6) is -0.549. The Morgan fingerprint density at radius 1 is 1.09 bits per heavy atom. The molecule has 2 aromatic carbocycles. The average Bonchev–Trinajstić information content (AvgIpc) is 3.54. The summed E-state index contributed by atoms with van der Waals surface area (Å²) in [5, 5.41) is 9.02. The van der Waals surface area contributed by atoms with Crippen molar-refractivity contribution in [1.29, 1.82) is 0 Å². The average molecular weight is 461 g/mol. The second kappa shape index (κ2) is 9.77. The summed E-state index contributed by atoms with van der Waals surface area (Å²) in [7, 11) is 0. The van der Waals surface area contributed by atoms with Crippen LogP contribution in [0.3, 0.4) is 0 Å². The maximum Gasteiger partial charge on any atom is 0.229 e. The fraction of sp³-hybridized carbons (Fsp3) is 0.346. The smallest absolute Gasteiger partial charge is 0.229 e. The minimum absolute atomic E-state index is 0.0768. The number of nitrogens with zero attached hydrogens (tertiary/aromatic N) is 5. The standard InChI is InChI=1S/C26H29FN6O/c1-19(20-4-2-6-22(27)14-20)26(34)32-12-10-31(11-13-32)9-3-5-21-16-28-25-8-7-23(15-24(21)25)33-17-29-30-18-33/h2,4,6-8,14-19,28H,3,5,9-13H2,1H3/t19-/m1/s1. The van der Waals surface area contributed by atoms with Gasteiger partial charge in [-0.1, -0.05) is 12.1 Å². The van der Waals surface area contributed by atoms with E-state index in [0.29, 0.717) is 13.1 Å². The Morgan fingerprint density at radius 3 is 2.65 bits per heavy atom. The van der Waals surface area contributed by atoms with Crippen molar-refractivity contribution in [3.63, 3.8) is 0 Å². The molecule has 176 valence electrons. The number of halogens is 1.